The zero-order chi connectivity index (χ0) is 25.0. The number of carboxylic acids is 1. The Bertz CT molecular complexity index is 1150. The van der Waals surface area contributed by atoms with Crippen LogP contribution in [0.3, 0.4) is 0 Å². The summed E-state index contributed by atoms with van der Waals surface area (Å²) < 4.78 is 5.52. The number of amides is 3. The SMILES string of the molecule is O=C(Nc1ccccc1)N[C@@H](CNC(=O)c1ccc(OCCNc2ncccn2)cc1O)C(=O)O. The molecule has 35 heavy (non-hydrogen) atoms. The fourth-order valence-corrected chi connectivity index (χ4v) is 2.85. The number of para-hydroxylation sites is 1. The van der Waals surface area contributed by atoms with Gasteiger partial charge in [-0.05, 0) is 30.3 Å². The van der Waals surface area contributed by atoms with E-state index in [1.807, 2.05) is 0 Å². The van der Waals surface area contributed by atoms with Crippen molar-refractivity contribution in [2.24, 2.45) is 0 Å². The van der Waals surface area contributed by atoms with Gasteiger partial charge in [0.2, 0.25) is 5.95 Å². The Kier molecular flexibility index (Phi) is 8.77. The Morgan fingerprint density at radius 2 is 1.74 bits per heavy atom. The van der Waals surface area contributed by atoms with Crippen LogP contribution in [0.2, 0.25) is 0 Å². The smallest absolute Gasteiger partial charge is 0.328 e. The molecule has 2 aromatic carbocycles. The Morgan fingerprint density at radius 1 is 1.00 bits per heavy atom. The normalized spacial score (nSPS) is 11.1. The third-order valence-corrected chi connectivity index (χ3v) is 4.54. The van der Waals surface area contributed by atoms with Crippen LogP contribution in [0.5, 0.6) is 11.5 Å². The van der Waals surface area contributed by atoms with E-state index in [-0.39, 0.29) is 17.9 Å². The first-order chi connectivity index (χ1) is 16.9. The van der Waals surface area contributed by atoms with Crippen molar-refractivity contribution < 1.29 is 29.3 Å². The molecular formula is C23H24N6O6. The molecule has 0 saturated heterocycles. The number of aliphatic carboxylic acids is 1. The minimum Gasteiger partial charge on any atom is -0.507 e. The highest BCUT2D eigenvalue weighted by Crippen LogP contribution is 2.23. The highest BCUT2D eigenvalue weighted by molar-refractivity contribution is 5.97. The molecule has 0 radical (unpaired) electrons. The molecule has 12 heteroatoms. The third-order valence-electron chi connectivity index (χ3n) is 4.54. The minimum atomic E-state index is -1.39. The summed E-state index contributed by atoms with van der Waals surface area (Å²) in [7, 11) is 0. The predicted octanol–water partition coefficient (Wildman–Crippen LogP) is 1.68. The lowest BCUT2D eigenvalue weighted by Crippen LogP contribution is -2.49. The summed E-state index contributed by atoms with van der Waals surface area (Å²) in [6.45, 7) is 0.260. The second-order valence-electron chi connectivity index (χ2n) is 7.09. The number of aromatic nitrogens is 2. The average molecular weight is 480 g/mol. The van der Waals surface area contributed by atoms with E-state index < -0.39 is 30.5 Å². The first kappa shape index (κ1) is 24.8. The van der Waals surface area contributed by atoms with E-state index in [0.29, 0.717) is 23.9 Å². The van der Waals surface area contributed by atoms with Gasteiger partial charge in [0.05, 0.1) is 12.1 Å². The van der Waals surface area contributed by atoms with Gasteiger partial charge in [0.1, 0.15) is 24.1 Å². The van der Waals surface area contributed by atoms with E-state index in [0.717, 1.165) is 0 Å². The van der Waals surface area contributed by atoms with Gasteiger partial charge >= 0.3 is 12.0 Å². The number of nitrogens with zero attached hydrogens (tertiary/aromatic N) is 2. The molecule has 0 fully saturated rings. The van der Waals surface area contributed by atoms with E-state index in [1.54, 1.807) is 48.8 Å². The van der Waals surface area contributed by atoms with E-state index in [9.17, 15) is 24.6 Å². The summed E-state index contributed by atoms with van der Waals surface area (Å²) >= 11 is 0. The second kappa shape index (κ2) is 12.4. The van der Waals surface area contributed by atoms with Gasteiger partial charge < -0.3 is 36.2 Å². The maximum atomic E-state index is 12.4. The third kappa shape index (κ3) is 7.89. The summed E-state index contributed by atoms with van der Waals surface area (Å²) in [5, 5.41) is 29.7. The molecule has 182 valence electrons. The summed E-state index contributed by atoms with van der Waals surface area (Å²) in [5.41, 5.74) is 0.403. The molecule has 12 nitrogen and oxygen atoms in total. The van der Waals surface area contributed by atoms with Crippen molar-refractivity contribution in [2.75, 3.05) is 30.3 Å². The molecule has 3 aromatic rings. The van der Waals surface area contributed by atoms with Crippen molar-refractivity contribution in [3.8, 4) is 11.5 Å². The fraction of sp³-hybridized carbons (Fsp3) is 0.174. The molecule has 0 aliphatic heterocycles. The van der Waals surface area contributed by atoms with Gasteiger partial charge in [0.15, 0.2) is 0 Å². The summed E-state index contributed by atoms with van der Waals surface area (Å²) in [6.07, 6.45) is 3.21. The molecule has 0 saturated carbocycles. The molecule has 1 atom stereocenters. The van der Waals surface area contributed by atoms with E-state index in [1.165, 1.54) is 18.2 Å². The van der Waals surface area contributed by atoms with Gasteiger partial charge in [-0.25, -0.2) is 19.6 Å². The summed E-state index contributed by atoms with van der Waals surface area (Å²) in [6, 6.07) is 12.1. The van der Waals surface area contributed by atoms with Crippen molar-refractivity contribution >= 4 is 29.5 Å². The van der Waals surface area contributed by atoms with E-state index in [2.05, 4.69) is 31.2 Å². The van der Waals surface area contributed by atoms with Crippen molar-refractivity contribution in [1.29, 1.82) is 0 Å². The maximum absolute atomic E-state index is 12.4. The van der Waals surface area contributed by atoms with Crippen molar-refractivity contribution in [1.82, 2.24) is 20.6 Å². The first-order valence-corrected chi connectivity index (χ1v) is 10.5. The molecule has 1 heterocycles. The quantitative estimate of drug-likeness (QED) is 0.223. The Morgan fingerprint density at radius 3 is 2.43 bits per heavy atom. The lowest BCUT2D eigenvalue weighted by Gasteiger charge is -2.16. The zero-order valence-electron chi connectivity index (χ0n) is 18.5. The second-order valence-corrected chi connectivity index (χ2v) is 7.09. The Hall–Kier alpha value is -4.87. The van der Waals surface area contributed by atoms with Crippen LogP contribution < -0.4 is 26.0 Å². The number of hydrogen-bond acceptors (Lipinski definition) is 8. The molecule has 1 aromatic heterocycles. The number of phenolic OH excluding ortho intramolecular Hbond substituents is 1. The lowest BCUT2D eigenvalue weighted by molar-refractivity contribution is -0.138. The molecule has 6 N–H and O–H groups in total. The number of carboxylic acid groups (broad SMARTS) is 1. The Balaban J connectivity index is 1.47. The number of phenols is 1. The van der Waals surface area contributed by atoms with Gasteiger partial charge in [-0.2, -0.15) is 0 Å². The van der Waals surface area contributed by atoms with Crippen molar-refractivity contribution in [2.45, 2.75) is 6.04 Å². The molecule has 3 rings (SSSR count). The topological polar surface area (TPSA) is 175 Å². The molecule has 3 amide bonds. The van der Waals surface area contributed by atoms with Crippen LogP contribution in [0.15, 0.2) is 67.0 Å². The number of anilines is 2. The van der Waals surface area contributed by atoms with Gasteiger partial charge in [-0.3, -0.25) is 4.79 Å². The number of ether oxygens (including phenoxy) is 1. The number of carbonyl (C=O) groups excluding carboxylic acids is 2. The van der Waals surface area contributed by atoms with Gasteiger partial charge in [0.25, 0.3) is 5.91 Å². The monoisotopic (exact) mass is 480 g/mol. The summed E-state index contributed by atoms with van der Waals surface area (Å²) in [4.78, 5) is 44.0. The first-order valence-electron chi connectivity index (χ1n) is 10.5. The number of benzene rings is 2. The van der Waals surface area contributed by atoms with E-state index in [4.69, 9.17) is 4.74 Å². The predicted molar refractivity (Wildman–Crippen MR) is 126 cm³/mol. The van der Waals surface area contributed by atoms with Crippen LogP contribution in [-0.2, 0) is 4.79 Å². The largest absolute Gasteiger partial charge is 0.507 e. The van der Waals surface area contributed by atoms with Crippen molar-refractivity contribution in [3.05, 3.63) is 72.6 Å². The van der Waals surface area contributed by atoms with E-state index >= 15 is 0 Å². The average Bonchev–Trinajstić information content (AvgIpc) is 2.85. The van der Waals surface area contributed by atoms with Crippen LogP contribution >= 0.6 is 0 Å². The minimum absolute atomic E-state index is 0.0777. The van der Waals surface area contributed by atoms with Gasteiger partial charge in [-0.1, -0.05) is 18.2 Å². The highest BCUT2D eigenvalue weighted by atomic mass is 16.5. The Labute approximate surface area is 200 Å². The number of aromatic hydroxyl groups is 1. The maximum Gasteiger partial charge on any atom is 0.328 e. The molecule has 0 unspecified atom stereocenters. The van der Waals surface area contributed by atoms with Crippen LogP contribution in [0.4, 0.5) is 16.4 Å². The number of carbonyl (C=O) groups is 3. The molecule has 0 spiro atoms. The number of urea groups is 1. The molecule has 0 bridgehead atoms. The molecule has 0 aliphatic rings. The van der Waals surface area contributed by atoms with Crippen LogP contribution in [-0.4, -0.2) is 63.8 Å². The number of hydrogen-bond donors (Lipinski definition) is 6. The molecular weight excluding hydrogens is 456 g/mol. The standard InChI is InChI=1S/C23H24N6O6/c30-19-13-16(35-12-11-26-22-24-9-4-10-25-22)7-8-17(19)20(31)27-14-18(21(32)33)29-23(34)28-15-5-2-1-3-6-15/h1-10,13,18,30H,11-12,14H2,(H,27,31)(H,32,33)(H,24,25,26)(H2,28,29,34)/t18-/m0/s1. The van der Waals surface area contributed by atoms with Gasteiger partial charge in [0, 0.05) is 30.7 Å². The summed E-state index contributed by atoms with van der Waals surface area (Å²) in [5.74, 6) is -1.61. The van der Waals surface area contributed by atoms with Crippen LogP contribution in [0.1, 0.15) is 10.4 Å². The fourth-order valence-electron chi connectivity index (χ4n) is 2.85. The lowest BCUT2D eigenvalue weighted by atomic mass is 10.1. The van der Waals surface area contributed by atoms with Crippen LogP contribution in [0.25, 0.3) is 0 Å². The molecule has 0 aliphatic carbocycles. The number of nitrogens with one attached hydrogen (secondary N) is 4. The highest BCUT2D eigenvalue weighted by Gasteiger charge is 2.22. The van der Waals surface area contributed by atoms with Gasteiger partial charge in [-0.15, -0.1) is 0 Å². The number of rotatable bonds is 11. The van der Waals surface area contributed by atoms with Crippen LogP contribution in [0, 0.1) is 0 Å². The zero-order valence-corrected chi connectivity index (χ0v) is 18.5. The van der Waals surface area contributed by atoms with Crippen molar-refractivity contribution in [3.63, 3.8) is 0 Å².